The minimum Gasteiger partial charge on any atom is -0.490 e. The summed E-state index contributed by atoms with van der Waals surface area (Å²) >= 11 is 3.55. The highest BCUT2D eigenvalue weighted by atomic mass is 32.2. The molecule has 2 bridgehead atoms. The van der Waals surface area contributed by atoms with E-state index in [9.17, 15) is 4.79 Å². The smallest absolute Gasteiger partial charge is 0.198 e. The summed E-state index contributed by atoms with van der Waals surface area (Å²) in [5.74, 6) is 0.670. The zero-order chi connectivity index (χ0) is 19.4. The van der Waals surface area contributed by atoms with E-state index in [4.69, 9.17) is 9.47 Å². The molecule has 3 aromatic carbocycles. The number of hydrogen-bond acceptors (Lipinski definition) is 5. The van der Waals surface area contributed by atoms with Crippen LogP contribution in [-0.2, 0) is 11.3 Å². The van der Waals surface area contributed by atoms with Crippen molar-refractivity contribution in [2.75, 3.05) is 13.2 Å². The van der Waals surface area contributed by atoms with Gasteiger partial charge < -0.3 is 9.47 Å². The Morgan fingerprint density at radius 3 is 2.28 bits per heavy atom. The van der Waals surface area contributed by atoms with Crippen LogP contribution in [0.2, 0.25) is 0 Å². The molecule has 0 saturated carbocycles. The second-order valence-electron chi connectivity index (χ2n) is 7.06. The highest BCUT2D eigenvalue weighted by Crippen LogP contribution is 2.56. The van der Waals surface area contributed by atoms with Crippen LogP contribution < -0.4 is 4.74 Å². The van der Waals surface area contributed by atoms with E-state index in [0.29, 0.717) is 31.1 Å². The van der Waals surface area contributed by atoms with Crippen molar-refractivity contribution in [3.63, 3.8) is 0 Å². The molecule has 29 heavy (non-hydrogen) atoms. The van der Waals surface area contributed by atoms with E-state index in [-0.39, 0.29) is 5.78 Å². The third kappa shape index (κ3) is 2.69. The Kier molecular flexibility index (Phi) is 4.08. The molecule has 1 aliphatic carbocycles. The minimum absolute atomic E-state index is 0.0292. The molecule has 0 atom stereocenters. The van der Waals surface area contributed by atoms with Crippen LogP contribution in [0.5, 0.6) is 5.75 Å². The van der Waals surface area contributed by atoms with E-state index in [0.717, 1.165) is 27.8 Å². The number of ketones is 1. The summed E-state index contributed by atoms with van der Waals surface area (Å²) in [6.45, 7) is 1.34. The minimum atomic E-state index is 0.0292. The molecule has 0 amide bonds. The maximum absolute atomic E-state index is 13.6. The molecule has 142 valence electrons. The van der Waals surface area contributed by atoms with Gasteiger partial charge in [-0.1, -0.05) is 66.0 Å². The quantitative estimate of drug-likeness (QED) is 0.364. The lowest BCUT2D eigenvalue weighted by atomic mass is 9.79. The summed E-state index contributed by atoms with van der Waals surface area (Å²) in [6.07, 6.45) is 0. The topological polar surface area (TPSA) is 35.5 Å². The van der Waals surface area contributed by atoms with Crippen LogP contribution in [0.3, 0.4) is 0 Å². The summed E-state index contributed by atoms with van der Waals surface area (Å²) in [7, 11) is 0. The summed E-state index contributed by atoms with van der Waals surface area (Å²) < 4.78 is 12.9. The zero-order valence-corrected chi connectivity index (χ0v) is 17.1. The van der Waals surface area contributed by atoms with Gasteiger partial charge in [-0.25, -0.2) is 0 Å². The average molecular weight is 417 g/mol. The molecule has 3 nitrogen and oxygen atoms in total. The molecule has 0 aromatic heterocycles. The first-order valence-corrected chi connectivity index (χ1v) is 11.1. The van der Waals surface area contributed by atoms with Gasteiger partial charge in [0.1, 0.15) is 12.4 Å². The van der Waals surface area contributed by atoms with E-state index in [1.54, 1.807) is 23.5 Å². The van der Waals surface area contributed by atoms with Gasteiger partial charge in [0.2, 0.25) is 0 Å². The highest BCUT2D eigenvalue weighted by Gasteiger charge is 2.35. The summed E-state index contributed by atoms with van der Waals surface area (Å²) in [4.78, 5) is 16.1. The fourth-order valence-corrected chi connectivity index (χ4v) is 6.74. The fourth-order valence-electron chi connectivity index (χ4n) is 4.11. The van der Waals surface area contributed by atoms with Crippen molar-refractivity contribution in [2.24, 2.45) is 0 Å². The molecule has 2 heterocycles. The van der Waals surface area contributed by atoms with Gasteiger partial charge in [0.05, 0.1) is 23.0 Å². The molecule has 3 aromatic rings. The summed E-state index contributed by atoms with van der Waals surface area (Å²) in [5, 5.41) is 0. The number of hydrogen-bond donors (Lipinski definition) is 0. The van der Waals surface area contributed by atoms with Gasteiger partial charge in [-0.15, -0.1) is 0 Å². The van der Waals surface area contributed by atoms with Crippen LogP contribution in [0.1, 0.15) is 32.6 Å². The van der Waals surface area contributed by atoms with Gasteiger partial charge in [-0.05, 0) is 34.9 Å². The predicted molar refractivity (Wildman–Crippen MR) is 116 cm³/mol. The van der Waals surface area contributed by atoms with Crippen molar-refractivity contribution < 1.29 is 14.3 Å². The molecule has 0 saturated heterocycles. The van der Waals surface area contributed by atoms with Gasteiger partial charge in [0.15, 0.2) is 5.78 Å². The van der Waals surface area contributed by atoms with E-state index >= 15 is 0 Å². The van der Waals surface area contributed by atoms with E-state index in [1.165, 1.54) is 14.0 Å². The molecule has 5 heteroatoms. The third-order valence-corrected chi connectivity index (χ3v) is 7.93. The Bertz CT molecular complexity index is 1120. The van der Waals surface area contributed by atoms with Gasteiger partial charge in [0.25, 0.3) is 0 Å². The van der Waals surface area contributed by atoms with Crippen LogP contribution in [0.25, 0.3) is 5.57 Å². The molecule has 0 unspecified atom stereocenters. The van der Waals surface area contributed by atoms with Crippen molar-refractivity contribution in [3.05, 3.63) is 92.7 Å². The standard InChI is InChI=1S/C24H16O3S2/c25-23-20-14-5-3-6-15(20)21(24-28-18-9-1-2-10-19(18)29-24)16-7-4-8-17(22(16)23)27-12-11-26-13-14/h1-10H,11-13H2. The molecule has 6 rings (SSSR count). The number of ether oxygens (including phenoxy) is 2. The van der Waals surface area contributed by atoms with Crippen LogP contribution in [0, 0.1) is 0 Å². The lowest BCUT2D eigenvalue weighted by Gasteiger charge is -2.27. The van der Waals surface area contributed by atoms with Crippen molar-refractivity contribution >= 4 is 34.9 Å². The first kappa shape index (κ1) is 17.4. The fraction of sp³-hybridized carbons (Fsp3) is 0.125. The van der Waals surface area contributed by atoms with Crippen LogP contribution in [-0.4, -0.2) is 19.0 Å². The molecule has 0 N–H and O–H groups in total. The predicted octanol–water partition coefficient (Wildman–Crippen LogP) is 5.75. The molecule has 0 spiro atoms. The Morgan fingerprint density at radius 1 is 0.759 bits per heavy atom. The molecule has 3 aliphatic rings. The second kappa shape index (κ2) is 6.80. The molecule has 2 aliphatic heterocycles. The van der Waals surface area contributed by atoms with Crippen molar-refractivity contribution in [1.29, 1.82) is 0 Å². The lowest BCUT2D eigenvalue weighted by molar-refractivity contribution is 0.0840. The first-order chi connectivity index (χ1) is 14.3. The normalized spacial score (nSPS) is 17.0. The average Bonchev–Trinajstić information content (AvgIpc) is 3.17. The molecule has 0 fully saturated rings. The second-order valence-corrected chi connectivity index (χ2v) is 9.42. The van der Waals surface area contributed by atoms with Gasteiger partial charge in [-0.2, -0.15) is 0 Å². The Hall–Kier alpha value is -2.47. The maximum Gasteiger partial charge on any atom is 0.198 e. The summed E-state index contributed by atoms with van der Waals surface area (Å²) in [6, 6.07) is 20.4. The number of fused-ring (bicyclic) bond motifs is 1. The highest BCUT2D eigenvalue weighted by molar-refractivity contribution is 8.25. The van der Waals surface area contributed by atoms with Crippen LogP contribution in [0.15, 0.2) is 74.7 Å². The number of carbonyl (C=O) groups excluding carboxylic acids is 1. The monoisotopic (exact) mass is 416 g/mol. The van der Waals surface area contributed by atoms with Crippen molar-refractivity contribution in [2.45, 2.75) is 16.4 Å². The number of benzene rings is 3. The van der Waals surface area contributed by atoms with Gasteiger partial charge >= 0.3 is 0 Å². The van der Waals surface area contributed by atoms with Gasteiger partial charge in [-0.3, -0.25) is 4.79 Å². The third-order valence-electron chi connectivity index (χ3n) is 5.37. The van der Waals surface area contributed by atoms with Crippen LogP contribution in [0.4, 0.5) is 0 Å². The summed E-state index contributed by atoms with van der Waals surface area (Å²) in [5.41, 5.74) is 5.43. The van der Waals surface area contributed by atoms with E-state index < -0.39 is 0 Å². The molecule has 0 radical (unpaired) electrons. The Balaban J connectivity index is 1.67. The van der Waals surface area contributed by atoms with Crippen molar-refractivity contribution in [1.82, 2.24) is 0 Å². The first-order valence-electron chi connectivity index (χ1n) is 9.51. The maximum atomic E-state index is 13.6. The lowest BCUT2D eigenvalue weighted by Crippen LogP contribution is -2.21. The number of carbonyl (C=O) groups is 1. The Morgan fingerprint density at radius 2 is 1.48 bits per heavy atom. The molecular weight excluding hydrogens is 400 g/mol. The van der Waals surface area contributed by atoms with E-state index in [2.05, 4.69) is 30.3 Å². The van der Waals surface area contributed by atoms with Gasteiger partial charge in [0, 0.05) is 20.9 Å². The zero-order valence-electron chi connectivity index (χ0n) is 15.4. The van der Waals surface area contributed by atoms with E-state index in [1.807, 2.05) is 30.3 Å². The number of thioether (sulfide) groups is 2. The Labute approximate surface area is 177 Å². The van der Waals surface area contributed by atoms with Crippen LogP contribution >= 0.6 is 23.5 Å². The number of rotatable bonds is 0. The SMILES string of the molecule is O=C1c2c3cccc2C(=C2Sc4ccccc4S2)c2cccc(c21)OCCOC3. The van der Waals surface area contributed by atoms with Crippen molar-refractivity contribution in [3.8, 4) is 5.75 Å². The largest absolute Gasteiger partial charge is 0.490 e. The molecular formula is C24H16O3S2.